The summed E-state index contributed by atoms with van der Waals surface area (Å²) in [5.74, 6) is 0. The highest BCUT2D eigenvalue weighted by molar-refractivity contribution is 4.69. The minimum atomic E-state index is -0.502. The van der Waals surface area contributed by atoms with Gasteiger partial charge in [0.2, 0.25) is 0 Å². The van der Waals surface area contributed by atoms with Gasteiger partial charge in [0.15, 0.2) is 0 Å². The molecule has 2 nitrogen and oxygen atoms in total. The lowest BCUT2D eigenvalue weighted by atomic mass is 9.99. The average Bonchev–Trinajstić information content (AvgIpc) is 1.81. The third kappa shape index (κ3) is 9.84. The van der Waals surface area contributed by atoms with Crippen LogP contribution in [0, 0.1) is 0 Å². The molecule has 0 bridgehead atoms. The fraction of sp³-hybridized carbons (Fsp3) is 1.00. The van der Waals surface area contributed by atoms with Gasteiger partial charge >= 0.3 is 0 Å². The molecule has 13 heavy (non-hydrogen) atoms. The van der Waals surface area contributed by atoms with Crippen molar-refractivity contribution >= 4 is 0 Å². The summed E-state index contributed by atoms with van der Waals surface area (Å²) >= 11 is 0. The molecule has 0 amide bonds. The maximum absolute atomic E-state index is 9.49. The Morgan fingerprint density at radius 2 is 1.77 bits per heavy atom. The van der Waals surface area contributed by atoms with Crippen LogP contribution in [0.2, 0.25) is 0 Å². The van der Waals surface area contributed by atoms with Gasteiger partial charge in [0.1, 0.15) is 0 Å². The monoisotopic (exact) mass is 187 g/mol. The predicted octanol–water partition coefficient (Wildman–Crippen LogP) is 2.31. The highest BCUT2D eigenvalue weighted by Crippen LogP contribution is 2.13. The minimum absolute atomic E-state index is 0.502. The Balaban J connectivity index is 3.42. The molecule has 0 spiro atoms. The minimum Gasteiger partial charge on any atom is -0.390 e. The van der Waals surface area contributed by atoms with E-state index in [1.54, 1.807) is 0 Å². The molecule has 2 N–H and O–H groups in total. The van der Waals surface area contributed by atoms with Crippen LogP contribution in [0.4, 0.5) is 0 Å². The van der Waals surface area contributed by atoms with E-state index in [4.69, 9.17) is 0 Å². The summed E-state index contributed by atoms with van der Waals surface area (Å²) in [4.78, 5) is 0. The molecule has 0 aliphatic rings. The molecule has 1 unspecified atom stereocenters. The van der Waals surface area contributed by atoms with Gasteiger partial charge in [-0.25, -0.2) is 0 Å². The summed E-state index contributed by atoms with van der Waals surface area (Å²) in [6.07, 6.45) is 3.11. The van der Waals surface area contributed by atoms with Crippen LogP contribution in [0.25, 0.3) is 0 Å². The number of hydrogen-bond acceptors (Lipinski definition) is 2. The van der Waals surface area contributed by atoms with Crippen molar-refractivity contribution in [2.45, 2.75) is 71.6 Å². The van der Waals surface area contributed by atoms with Crippen LogP contribution >= 0.6 is 0 Å². The second kappa shape index (κ2) is 5.61. The Hall–Kier alpha value is -0.0800. The van der Waals surface area contributed by atoms with E-state index in [0.29, 0.717) is 12.1 Å². The molecule has 0 fully saturated rings. The Morgan fingerprint density at radius 1 is 1.23 bits per heavy atom. The quantitative estimate of drug-likeness (QED) is 0.669. The highest BCUT2D eigenvalue weighted by atomic mass is 16.3. The van der Waals surface area contributed by atoms with Crippen LogP contribution in [0.1, 0.15) is 53.9 Å². The summed E-state index contributed by atoms with van der Waals surface area (Å²) in [5, 5.41) is 12.9. The largest absolute Gasteiger partial charge is 0.390 e. The van der Waals surface area contributed by atoms with Gasteiger partial charge in [0.25, 0.3) is 0 Å². The average molecular weight is 187 g/mol. The molecule has 2 heteroatoms. The van der Waals surface area contributed by atoms with Gasteiger partial charge in [-0.05, 0) is 40.0 Å². The summed E-state index contributed by atoms with van der Waals surface area (Å²) < 4.78 is 0. The first-order valence-corrected chi connectivity index (χ1v) is 5.29. The van der Waals surface area contributed by atoms with Crippen molar-refractivity contribution in [2.24, 2.45) is 0 Å². The zero-order valence-electron chi connectivity index (χ0n) is 9.72. The molecule has 0 aromatic rings. The summed E-state index contributed by atoms with van der Waals surface area (Å²) in [5.41, 5.74) is -0.502. The first kappa shape index (κ1) is 12.9. The van der Waals surface area contributed by atoms with Crippen LogP contribution in [0.3, 0.4) is 0 Å². The predicted molar refractivity (Wildman–Crippen MR) is 57.9 cm³/mol. The van der Waals surface area contributed by atoms with Crippen LogP contribution in [-0.4, -0.2) is 22.8 Å². The van der Waals surface area contributed by atoms with Crippen LogP contribution in [0.5, 0.6) is 0 Å². The number of hydrogen-bond donors (Lipinski definition) is 2. The van der Waals surface area contributed by atoms with E-state index in [9.17, 15) is 5.11 Å². The molecule has 0 aromatic heterocycles. The molecule has 0 aliphatic carbocycles. The summed E-state index contributed by atoms with van der Waals surface area (Å²) in [6, 6.07) is 1.11. The Bertz CT molecular complexity index is 127. The van der Waals surface area contributed by atoms with E-state index in [2.05, 4.69) is 26.1 Å². The summed E-state index contributed by atoms with van der Waals surface area (Å²) in [6.45, 7) is 10.3. The molecule has 0 radical (unpaired) electrons. The Labute approximate surface area is 82.7 Å². The molecular formula is C11H25NO. The van der Waals surface area contributed by atoms with E-state index in [1.165, 1.54) is 0 Å². The molecule has 1 atom stereocenters. The van der Waals surface area contributed by atoms with Crippen molar-refractivity contribution in [1.82, 2.24) is 5.32 Å². The van der Waals surface area contributed by atoms with Gasteiger partial charge in [-0.3, -0.25) is 0 Å². The van der Waals surface area contributed by atoms with Gasteiger partial charge in [-0.15, -0.1) is 0 Å². The number of nitrogens with one attached hydrogen (secondary N) is 1. The van der Waals surface area contributed by atoms with E-state index in [-0.39, 0.29) is 0 Å². The molecule has 0 rings (SSSR count). The molecule has 80 valence electrons. The Morgan fingerprint density at radius 3 is 2.15 bits per heavy atom. The highest BCUT2D eigenvalue weighted by Gasteiger charge is 2.12. The van der Waals surface area contributed by atoms with E-state index in [0.717, 1.165) is 19.3 Å². The lowest BCUT2D eigenvalue weighted by Gasteiger charge is -2.20. The molecular weight excluding hydrogens is 162 g/mol. The van der Waals surface area contributed by atoms with E-state index >= 15 is 0 Å². The normalized spacial score (nSPS) is 15.0. The van der Waals surface area contributed by atoms with Crippen LogP contribution in [0.15, 0.2) is 0 Å². The number of rotatable bonds is 6. The van der Waals surface area contributed by atoms with Crippen molar-refractivity contribution in [1.29, 1.82) is 0 Å². The fourth-order valence-electron chi connectivity index (χ4n) is 1.49. The third-order valence-electron chi connectivity index (χ3n) is 2.04. The summed E-state index contributed by atoms with van der Waals surface area (Å²) in [7, 11) is 0. The second-order valence-electron chi connectivity index (χ2n) is 4.93. The van der Waals surface area contributed by atoms with Gasteiger partial charge in [0, 0.05) is 12.1 Å². The van der Waals surface area contributed by atoms with Crippen molar-refractivity contribution in [3.05, 3.63) is 0 Å². The topological polar surface area (TPSA) is 32.3 Å². The SMILES string of the molecule is CC(C)NC(C)CCCC(C)(C)O. The zero-order chi connectivity index (χ0) is 10.5. The number of aliphatic hydroxyl groups is 1. The maximum atomic E-state index is 9.49. The standard InChI is InChI=1S/C11H25NO/c1-9(2)12-10(3)7-6-8-11(4,5)13/h9-10,12-13H,6-8H2,1-5H3. The van der Waals surface area contributed by atoms with Crippen molar-refractivity contribution in [2.75, 3.05) is 0 Å². The molecule has 0 aliphatic heterocycles. The molecule has 0 heterocycles. The van der Waals surface area contributed by atoms with Crippen LogP contribution < -0.4 is 5.32 Å². The zero-order valence-corrected chi connectivity index (χ0v) is 9.72. The smallest absolute Gasteiger partial charge is 0.0591 e. The molecule has 0 saturated heterocycles. The molecule has 0 saturated carbocycles. The first-order valence-electron chi connectivity index (χ1n) is 5.29. The maximum Gasteiger partial charge on any atom is 0.0591 e. The van der Waals surface area contributed by atoms with Crippen molar-refractivity contribution < 1.29 is 5.11 Å². The Kier molecular flexibility index (Phi) is 5.57. The van der Waals surface area contributed by atoms with Crippen molar-refractivity contribution in [3.63, 3.8) is 0 Å². The molecule has 0 aromatic carbocycles. The lowest BCUT2D eigenvalue weighted by molar-refractivity contribution is 0.0674. The third-order valence-corrected chi connectivity index (χ3v) is 2.04. The van der Waals surface area contributed by atoms with Crippen molar-refractivity contribution in [3.8, 4) is 0 Å². The lowest BCUT2D eigenvalue weighted by Crippen LogP contribution is -2.32. The van der Waals surface area contributed by atoms with Gasteiger partial charge in [-0.2, -0.15) is 0 Å². The van der Waals surface area contributed by atoms with Crippen LogP contribution in [-0.2, 0) is 0 Å². The van der Waals surface area contributed by atoms with Gasteiger partial charge < -0.3 is 10.4 Å². The van der Waals surface area contributed by atoms with Gasteiger partial charge in [0.05, 0.1) is 5.60 Å². The first-order chi connectivity index (χ1) is 5.81. The fourth-order valence-corrected chi connectivity index (χ4v) is 1.49. The van der Waals surface area contributed by atoms with Gasteiger partial charge in [-0.1, -0.05) is 13.8 Å². The van der Waals surface area contributed by atoms with E-state index < -0.39 is 5.60 Å². The second-order valence-corrected chi connectivity index (χ2v) is 4.93. The van der Waals surface area contributed by atoms with E-state index in [1.807, 2.05) is 13.8 Å².